The average Bonchev–Trinajstić information content (AvgIpc) is 2.53. The van der Waals surface area contributed by atoms with Crippen LogP contribution in [-0.4, -0.2) is 48.3 Å². The molecule has 0 spiro atoms. The van der Waals surface area contributed by atoms with E-state index in [-0.39, 0.29) is 37.4 Å². The number of nitrogens with two attached hydrogens (primary N) is 1. The summed E-state index contributed by atoms with van der Waals surface area (Å²) >= 11 is 0. The molecule has 0 aliphatic carbocycles. The molecule has 1 rings (SSSR count). The van der Waals surface area contributed by atoms with Crippen molar-refractivity contribution in [1.82, 2.24) is 4.90 Å². The van der Waals surface area contributed by atoms with E-state index < -0.39 is 12.1 Å². The van der Waals surface area contributed by atoms with Crippen LogP contribution in [0.4, 0.5) is 0 Å². The Morgan fingerprint density at radius 1 is 1.35 bits per heavy atom. The van der Waals surface area contributed by atoms with Crippen LogP contribution in [0.2, 0.25) is 0 Å². The molecule has 0 bridgehead atoms. The minimum absolute atomic E-state index is 0. The maximum Gasteiger partial charge on any atom is 0.239 e. The van der Waals surface area contributed by atoms with Gasteiger partial charge in [0.15, 0.2) is 0 Å². The largest absolute Gasteiger partial charge is 0.389 e. The fourth-order valence-corrected chi connectivity index (χ4v) is 2.10. The molecule has 6 heteroatoms. The maximum atomic E-state index is 12.1. The van der Waals surface area contributed by atoms with E-state index >= 15 is 0 Å². The van der Waals surface area contributed by atoms with Crippen molar-refractivity contribution in [3.63, 3.8) is 0 Å². The van der Waals surface area contributed by atoms with Gasteiger partial charge in [-0.1, -0.05) is 50.6 Å². The quantitative estimate of drug-likeness (QED) is 0.716. The van der Waals surface area contributed by atoms with Crippen molar-refractivity contribution >= 4 is 18.3 Å². The lowest BCUT2D eigenvalue weighted by Gasteiger charge is -2.26. The van der Waals surface area contributed by atoms with Gasteiger partial charge in [-0.2, -0.15) is 0 Å². The van der Waals surface area contributed by atoms with Gasteiger partial charge in [0.1, 0.15) is 0 Å². The number of halogens is 1. The SMILES string of the molecule is CCC(C)C(N)C(=O)N(C)CC(O)COCc1ccccc1.Cl. The molecule has 3 atom stereocenters. The Hall–Kier alpha value is -1.14. The minimum Gasteiger partial charge on any atom is -0.389 e. The molecule has 1 aromatic carbocycles. The molecule has 0 heterocycles. The first-order chi connectivity index (χ1) is 10.5. The summed E-state index contributed by atoms with van der Waals surface area (Å²) in [6, 6.07) is 9.24. The predicted octanol–water partition coefficient (Wildman–Crippen LogP) is 1.82. The molecule has 0 aliphatic rings. The molecular formula is C17H29ClN2O3. The number of benzene rings is 1. The van der Waals surface area contributed by atoms with Crippen LogP contribution in [0.15, 0.2) is 30.3 Å². The second-order valence-corrected chi connectivity index (χ2v) is 5.78. The number of aliphatic hydroxyl groups is 1. The van der Waals surface area contributed by atoms with Gasteiger partial charge in [-0.15, -0.1) is 12.4 Å². The van der Waals surface area contributed by atoms with E-state index in [4.69, 9.17) is 10.5 Å². The Kier molecular flexibility index (Phi) is 10.8. The Morgan fingerprint density at radius 3 is 2.52 bits per heavy atom. The van der Waals surface area contributed by atoms with Gasteiger partial charge in [0, 0.05) is 13.6 Å². The summed E-state index contributed by atoms with van der Waals surface area (Å²) in [5.74, 6) is -0.0158. The highest BCUT2D eigenvalue weighted by atomic mass is 35.5. The Morgan fingerprint density at radius 2 is 1.96 bits per heavy atom. The minimum atomic E-state index is -0.721. The van der Waals surface area contributed by atoms with E-state index in [0.29, 0.717) is 6.61 Å². The highest BCUT2D eigenvalue weighted by Crippen LogP contribution is 2.08. The molecule has 132 valence electrons. The van der Waals surface area contributed by atoms with Gasteiger partial charge in [0.2, 0.25) is 5.91 Å². The summed E-state index contributed by atoms with van der Waals surface area (Å²) in [6.45, 7) is 4.81. The Bertz CT molecular complexity index is 445. The van der Waals surface area contributed by atoms with Gasteiger partial charge in [0.25, 0.3) is 0 Å². The number of likely N-dealkylation sites (N-methyl/N-ethyl adjacent to an activating group) is 1. The van der Waals surface area contributed by atoms with Crippen LogP contribution >= 0.6 is 12.4 Å². The van der Waals surface area contributed by atoms with E-state index in [1.54, 1.807) is 7.05 Å². The molecule has 5 nitrogen and oxygen atoms in total. The zero-order valence-electron chi connectivity index (χ0n) is 14.1. The van der Waals surface area contributed by atoms with Gasteiger partial charge in [-0.05, 0) is 11.5 Å². The third kappa shape index (κ3) is 7.79. The lowest BCUT2D eigenvalue weighted by atomic mass is 9.99. The summed E-state index contributed by atoms with van der Waals surface area (Å²) < 4.78 is 5.47. The number of aliphatic hydroxyl groups excluding tert-OH is 1. The third-order valence-corrected chi connectivity index (χ3v) is 3.82. The summed E-state index contributed by atoms with van der Waals surface area (Å²) in [5.41, 5.74) is 6.97. The standard InChI is InChI=1S/C17H28N2O3.ClH/c1-4-13(2)16(18)17(21)19(3)10-15(20)12-22-11-14-8-6-5-7-9-14;/h5-9,13,15-16,20H,4,10-12,18H2,1-3H3;1H. The molecule has 0 radical (unpaired) electrons. The van der Waals surface area contributed by atoms with Gasteiger partial charge in [-0.25, -0.2) is 0 Å². The number of carbonyl (C=O) groups excluding carboxylic acids is 1. The molecule has 0 fully saturated rings. The topological polar surface area (TPSA) is 75.8 Å². The predicted molar refractivity (Wildman–Crippen MR) is 94.4 cm³/mol. The Balaban J connectivity index is 0.00000484. The van der Waals surface area contributed by atoms with Crippen LogP contribution in [0.5, 0.6) is 0 Å². The summed E-state index contributed by atoms with van der Waals surface area (Å²) in [7, 11) is 1.66. The van der Waals surface area contributed by atoms with Crippen LogP contribution in [0, 0.1) is 5.92 Å². The number of rotatable bonds is 9. The van der Waals surface area contributed by atoms with Crippen molar-refractivity contribution in [3.05, 3.63) is 35.9 Å². The first-order valence-corrected chi connectivity index (χ1v) is 7.76. The maximum absolute atomic E-state index is 12.1. The molecule has 0 saturated carbocycles. The van der Waals surface area contributed by atoms with Crippen molar-refractivity contribution < 1.29 is 14.6 Å². The first kappa shape index (κ1) is 21.9. The molecule has 1 aromatic rings. The van der Waals surface area contributed by atoms with E-state index in [0.717, 1.165) is 12.0 Å². The van der Waals surface area contributed by atoms with Crippen LogP contribution in [0.25, 0.3) is 0 Å². The van der Waals surface area contributed by atoms with E-state index in [1.807, 2.05) is 44.2 Å². The summed E-state index contributed by atoms with van der Waals surface area (Å²) in [6.07, 6.45) is 0.130. The molecule has 3 N–H and O–H groups in total. The second kappa shape index (κ2) is 11.4. The number of hydrogen-bond donors (Lipinski definition) is 2. The summed E-state index contributed by atoms with van der Waals surface area (Å²) in [4.78, 5) is 13.6. The number of ether oxygens (including phenoxy) is 1. The highest BCUT2D eigenvalue weighted by molar-refractivity contribution is 5.85. The normalized spacial score (nSPS) is 14.5. The number of nitrogens with zero attached hydrogens (tertiary/aromatic N) is 1. The van der Waals surface area contributed by atoms with Gasteiger partial charge >= 0.3 is 0 Å². The zero-order chi connectivity index (χ0) is 16.5. The molecule has 0 saturated heterocycles. The summed E-state index contributed by atoms with van der Waals surface area (Å²) in [5, 5.41) is 9.96. The van der Waals surface area contributed by atoms with Crippen molar-refractivity contribution in [2.75, 3.05) is 20.2 Å². The molecule has 0 aromatic heterocycles. The van der Waals surface area contributed by atoms with Crippen molar-refractivity contribution in [2.45, 2.75) is 39.0 Å². The van der Waals surface area contributed by atoms with Crippen molar-refractivity contribution in [2.24, 2.45) is 11.7 Å². The van der Waals surface area contributed by atoms with Gasteiger partial charge in [-0.3, -0.25) is 4.79 Å². The number of carbonyl (C=O) groups is 1. The van der Waals surface area contributed by atoms with Gasteiger partial charge < -0.3 is 20.5 Å². The van der Waals surface area contributed by atoms with Crippen LogP contribution in [-0.2, 0) is 16.1 Å². The smallest absolute Gasteiger partial charge is 0.239 e. The monoisotopic (exact) mass is 344 g/mol. The number of amides is 1. The van der Waals surface area contributed by atoms with Gasteiger partial charge in [0.05, 0.1) is 25.4 Å². The lowest BCUT2D eigenvalue weighted by molar-refractivity contribution is -0.134. The third-order valence-electron chi connectivity index (χ3n) is 3.82. The highest BCUT2D eigenvalue weighted by Gasteiger charge is 2.24. The molecule has 23 heavy (non-hydrogen) atoms. The first-order valence-electron chi connectivity index (χ1n) is 7.76. The molecule has 1 amide bonds. The van der Waals surface area contributed by atoms with Crippen molar-refractivity contribution in [1.29, 1.82) is 0 Å². The average molecular weight is 345 g/mol. The van der Waals surface area contributed by atoms with Crippen LogP contribution in [0.1, 0.15) is 25.8 Å². The molecule has 3 unspecified atom stereocenters. The van der Waals surface area contributed by atoms with Crippen molar-refractivity contribution in [3.8, 4) is 0 Å². The molecule has 0 aliphatic heterocycles. The Labute approximate surface area is 145 Å². The second-order valence-electron chi connectivity index (χ2n) is 5.78. The van der Waals surface area contributed by atoms with E-state index in [1.165, 1.54) is 4.90 Å². The molecular weight excluding hydrogens is 316 g/mol. The zero-order valence-corrected chi connectivity index (χ0v) is 15.0. The van der Waals surface area contributed by atoms with E-state index in [2.05, 4.69) is 0 Å². The fraction of sp³-hybridized carbons (Fsp3) is 0.588. The van der Waals surface area contributed by atoms with E-state index in [9.17, 15) is 9.90 Å². The van der Waals surface area contributed by atoms with Crippen LogP contribution < -0.4 is 5.73 Å². The van der Waals surface area contributed by atoms with Crippen LogP contribution in [0.3, 0.4) is 0 Å². The number of hydrogen-bond acceptors (Lipinski definition) is 4. The lowest BCUT2D eigenvalue weighted by Crippen LogP contribution is -2.48. The fourth-order valence-electron chi connectivity index (χ4n) is 2.10.